The van der Waals surface area contributed by atoms with Crippen molar-refractivity contribution < 1.29 is 9.90 Å². The summed E-state index contributed by atoms with van der Waals surface area (Å²) in [6.45, 7) is 6.52. The van der Waals surface area contributed by atoms with Gasteiger partial charge in [0.05, 0.1) is 6.61 Å². The molecule has 3 nitrogen and oxygen atoms in total. The van der Waals surface area contributed by atoms with E-state index in [-0.39, 0.29) is 17.9 Å². The van der Waals surface area contributed by atoms with E-state index in [2.05, 4.69) is 38.2 Å². The van der Waals surface area contributed by atoms with Crippen LogP contribution in [0.25, 0.3) is 6.08 Å². The Morgan fingerprint density at radius 2 is 1.65 bits per heavy atom. The smallest absolute Gasteiger partial charge is 0.248 e. The third kappa shape index (κ3) is 5.08. The molecular formula is C20H23NO2. The van der Waals surface area contributed by atoms with E-state index in [1.807, 2.05) is 12.1 Å². The third-order valence-corrected chi connectivity index (χ3v) is 3.61. The van der Waals surface area contributed by atoms with Crippen LogP contribution in [0.4, 0.5) is 5.69 Å². The van der Waals surface area contributed by atoms with Gasteiger partial charge >= 0.3 is 0 Å². The summed E-state index contributed by atoms with van der Waals surface area (Å²) < 4.78 is 0. The fourth-order valence-corrected chi connectivity index (χ4v) is 2.14. The first-order valence-corrected chi connectivity index (χ1v) is 7.68. The lowest BCUT2D eigenvalue weighted by atomic mass is 9.87. The van der Waals surface area contributed by atoms with Crippen LogP contribution in [-0.2, 0) is 16.8 Å². The highest BCUT2D eigenvalue weighted by Gasteiger charge is 2.12. The molecule has 2 aromatic rings. The van der Waals surface area contributed by atoms with Crippen LogP contribution in [0, 0.1) is 0 Å². The van der Waals surface area contributed by atoms with Gasteiger partial charge in [0, 0.05) is 11.8 Å². The van der Waals surface area contributed by atoms with Gasteiger partial charge in [0.1, 0.15) is 0 Å². The van der Waals surface area contributed by atoms with Crippen molar-refractivity contribution in [2.45, 2.75) is 32.8 Å². The predicted molar refractivity (Wildman–Crippen MR) is 95.2 cm³/mol. The number of rotatable bonds is 4. The molecular weight excluding hydrogens is 286 g/mol. The summed E-state index contributed by atoms with van der Waals surface area (Å²) in [5.41, 5.74) is 3.91. The average Bonchev–Trinajstić information content (AvgIpc) is 2.53. The minimum Gasteiger partial charge on any atom is -0.392 e. The molecule has 0 spiro atoms. The number of benzene rings is 2. The number of aliphatic hydroxyl groups is 1. The summed E-state index contributed by atoms with van der Waals surface area (Å²) >= 11 is 0. The van der Waals surface area contributed by atoms with Crippen molar-refractivity contribution >= 4 is 17.7 Å². The molecule has 0 heterocycles. The predicted octanol–water partition coefficient (Wildman–Crippen LogP) is 4.13. The van der Waals surface area contributed by atoms with Gasteiger partial charge in [0.15, 0.2) is 0 Å². The van der Waals surface area contributed by atoms with E-state index in [1.165, 1.54) is 11.6 Å². The Balaban J connectivity index is 1.97. The molecule has 0 saturated carbocycles. The number of carbonyl (C=O) groups excluding carboxylic acids is 1. The molecule has 0 bridgehead atoms. The van der Waals surface area contributed by atoms with Gasteiger partial charge in [-0.05, 0) is 40.3 Å². The standard InChI is InChI=1S/C20H23NO2/c1-20(2,3)17-9-4-15(5-10-17)8-13-19(23)21-18-11-6-16(14-22)7-12-18/h4-13,22H,14H2,1-3H3,(H,21,23). The van der Waals surface area contributed by atoms with Crippen LogP contribution in [0.5, 0.6) is 0 Å². The number of anilines is 1. The second-order valence-electron chi connectivity index (χ2n) is 6.55. The molecule has 0 radical (unpaired) electrons. The first-order chi connectivity index (χ1) is 10.9. The lowest BCUT2D eigenvalue weighted by Crippen LogP contribution is -2.10. The molecule has 2 rings (SSSR count). The first kappa shape index (κ1) is 17.0. The van der Waals surface area contributed by atoms with Gasteiger partial charge in [-0.25, -0.2) is 0 Å². The fraction of sp³-hybridized carbons (Fsp3) is 0.250. The molecule has 2 N–H and O–H groups in total. The van der Waals surface area contributed by atoms with Crippen LogP contribution >= 0.6 is 0 Å². The van der Waals surface area contributed by atoms with E-state index in [0.717, 1.165) is 11.1 Å². The van der Waals surface area contributed by atoms with Gasteiger partial charge in [0.2, 0.25) is 5.91 Å². The average molecular weight is 309 g/mol. The van der Waals surface area contributed by atoms with Crippen molar-refractivity contribution in [2.24, 2.45) is 0 Å². The topological polar surface area (TPSA) is 49.3 Å². The Morgan fingerprint density at radius 3 is 2.17 bits per heavy atom. The van der Waals surface area contributed by atoms with Crippen LogP contribution in [0.3, 0.4) is 0 Å². The maximum atomic E-state index is 11.9. The van der Waals surface area contributed by atoms with Crippen molar-refractivity contribution in [3.63, 3.8) is 0 Å². The monoisotopic (exact) mass is 309 g/mol. The summed E-state index contributed by atoms with van der Waals surface area (Å²) in [6, 6.07) is 15.3. The van der Waals surface area contributed by atoms with Gasteiger partial charge in [-0.1, -0.05) is 57.2 Å². The van der Waals surface area contributed by atoms with Gasteiger partial charge in [-0.2, -0.15) is 0 Å². The quantitative estimate of drug-likeness (QED) is 0.834. The van der Waals surface area contributed by atoms with E-state index < -0.39 is 0 Å². The maximum absolute atomic E-state index is 11.9. The highest BCUT2D eigenvalue weighted by Crippen LogP contribution is 2.22. The molecule has 120 valence electrons. The number of nitrogens with one attached hydrogen (secondary N) is 1. The zero-order chi connectivity index (χ0) is 16.9. The summed E-state index contributed by atoms with van der Waals surface area (Å²) in [7, 11) is 0. The SMILES string of the molecule is CC(C)(C)c1ccc(C=CC(=O)Nc2ccc(CO)cc2)cc1. The fourth-order valence-electron chi connectivity index (χ4n) is 2.14. The van der Waals surface area contributed by atoms with Gasteiger partial charge < -0.3 is 10.4 Å². The minimum atomic E-state index is -0.179. The van der Waals surface area contributed by atoms with Crippen molar-refractivity contribution in [3.8, 4) is 0 Å². The molecule has 0 aliphatic carbocycles. The van der Waals surface area contributed by atoms with Crippen LogP contribution in [0.2, 0.25) is 0 Å². The highest BCUT2D eigenvalue weighted by molar-refractivity contribution is 6.01. The molecule has 2 aromatic carbocycles. The largest absolute Gasteiger partial charge is 0.392 e. The van der Waals surface area contributed by atoms with Crippen molar-refractivity contribution in [3.05, 3.63) is 71.3 Å². The van der Waals surface area contributed by atoms with Gasteiger partial charge in [0.25, 0.3) is 0 Å². The van der Waals surface area contributed by atoms with E-state index in [0.29, 0.717) is 5.69 Å². The summed E-state index contributed by atoms with van der Waals surface area (Å²) in [6.07, 6.45) is 3.32. The van der Waals surface area contributed by atoms with Gasteiger partial charge in [-0.15, -0.1) is 0 Å². The maximum Gasteiger partial charge on any atom is 0.248 e. The molecule has 0 aliphatic rings. The van der Waals surface area contributed by atoms with Gasteiger partial charge in [-0.3, -0.25) is 4.79 Å². The third-order valence-electron chi connectivity index (χ3n) is 3.61. The minimum absolute atomic E-state index is 0.00130. The molecule has 0 fully saturated rings. The molecule has 23 heavy (non-hydrogen) atoms. The van der Waals surface area contributed by atoms with E-state index in [9.17, 15) is 4.79 Å². The van der Waals surface area contributed by atoms with Crippen LogP contribution in [-0.4, -0.2) is 11.0 Å². The lowest BCUT2D eigenvalue weighted by Gasteiger charge is -2.18. The molecule has 3 heteroatoms. The number of carbonyl (C=O) groups is 1. The van der Waals surface area contributed by atoms with E-state index >= 15 is 0 Å². The zero-order valence-electron chi connectivity index (χ0n) is 13.8. The number of hydrogen-bond acceptors (Lipinski definition) is 2. The van der Waals surface area contributed by atoms with E-state index in [1.54, 1.807) is 30.3 Å². The van der Waals surface area contributed by atoms with E-state index in [4.69, 9.17) is 5.11 Å². The van der Waals surface area contributed by atoms with Crippen LogP contribution in [0.1, 0.15) is 37.5 Å². The Labute approximate surface area is 137 Å². The summed E-state index contributed by atoms with van der Waals surface area (Å²) in [4.78, 5) is 11.9. The second-order valence-corrected chi connectivity index (χ2v) is 6.55. The first-order valence-electron chi connectivity index (χ1n) is 7.68. The second kappa shape index (κ2) is 7.25. The molecule has 0 saturated heterocycles. The zero-order valence-corrected chi connectivity index (χ0v) is 13.8. The molecule has 0 aliphatic heterocycles. The van der Waals surface area contributed by atoms with Crippen molar-refractivity contribution in [1.29, 1.82) is 0 Å². The van der Waals surface area contributed by atoms with Crippen molar-refractivity contribution in [1.82, 2.24) is 0 Å². The summed E-state index contributed by atoms with van der Waals surface area (Å²) in [5, 5.41) is 11.8. The molecule has 0 aromatic heterocycles. The Kier molecular flexibility index (Phi) is 5.35. The molecule has 0 atom stereocenters. The summed E-state index contributed by atoms with van der Waals surface area (Å²) in [5.74, 6) is -0.179. The Hall–Kier alpha value is -2.39. The van der Waals surface area contributed by atoms with Crippen LogP contribution in [0.15, 0.2) is 54.6 Å². The number of amides is 1. The molecule has 0 unspecified atom stereocenters. The van der Waals surface area contributed by atoms with Crippen LogP contribution < -0.4 is 5.32 Å². The number of hydrogen-bond donors (Lipinski definition) is 2. The lowest BCUT2D eigenvalue weighted by molar-refractivity contribution is -0.111. The Bertz CT molecular complexity index is 677. The normalized spacial score (nSPS) is 11.7. The number of aliphatic hydroxyl groups excluding tert-OH is 1. The Morgan fingerprint density at radius 1 is 1.04 bits per heavy atom. The highest BCUT2D eigenvalue weighted by atomic mass is 16.3. The molecule has 1 amide bonds. The van der Waals surface area contributed by atoms with Crippen molar-refractivity contribution in [2.75, 3.05) is 5.32 Å².